The van der Waals surface area contributed by atoms with Gasteiger partial charge < -0.3 is 9.64 Å². The van der Waals surface area contributed by atoms with Gasteiger partial charge >= 0.3 is 0 Å². The molecule has 1 aromatic carbocycles. The Kier molecular flexibility index (Phi) is 4.01. The van der Waals surface area contributed by atoms with Gasteiger partial charge in [0.25, 0.3) is 11.6 Å². The molecule has 0 spiro atoms. The minimum atomic E-state index is -0.575. The van der Waals surface area contributed by atoms with Crippen molar-refractivity contribution in [3.05, 3.63) is 38.9 Å². The van der Waals surface area contributed by atoms with Crippen LogP contribution in [0.2, 0.25) is 5.02 Å². The SMILES string of the molecule is CC1COCCN1C(=O)c1cc(Cl)ccc1[N+](=O)[O-]. The number of nitro groups is 1. The number of amides is 1. The minimum absolute atomic E-state index is 0.0197. The van der Waals surface area contributed by atoms with Crippen molar-refractivity contribution in [2.75, 3.05) is 19.8 Å². The van der Waals surface area contributed by atoms with Crippen LogP contribution in [0.4, 0.5) is 5.69 Å². The topological polar surface area (TPSA) is 72.7 Å². The van der Waals surface area contributed by atoms with Crippen LogP contribution in [0.1, 0.15) is 17.3 Å². The number of halogens is 1. The van der Waals surface area contributed by atoms with Crippen molar-refractivity contribution < 1.29 is 14.5 Å². The molecule has 0 bridgehead atoms. The Morgan fingerprint density at radius 3 is 2.95 bits per heavy atom. The molecule has 1 atom stereocenters. The molecule has 7 heteroatoms. The van der Waals surface area contributed by atoms with Gasteiger partial charge in [-0.25, -0.2) is 0 Å². The second-order valence-corrected chi connectivity index (χ2v) is 4.78. The van der Waals surface area contributed by atoms with Crippen LogP contribution in [-0.4, -0.2) is 41.5 Å². The lowest BCUT2D eigenvalue weighted by Crippen LogP contribution is -2.47. The Morgan fingerprint density at radius 2 is 2.32 bits per heavy atom. The van der Waals surface area contributed by atoms with Crippen molar-refractivity contribution in [3.63, 3.8) is 0 Å². The van der Waals surface area contributed by atoms with E-state index in [0.29, 0.717) is 24.8 Å². The van der Waals surface area contributed by atoms with Crippen molar-refractivity contribution in [1.29, 1.82) is 0 Å². The number of carbonyl (C=O) groups is 1. The molecule has 19 heavy (non-hydrogen) atoms. The summed E-state index contributed by atoms with van der Waals surface area (Å²) in [7, 11) is 0. The summed E-state index contributed by atoms with van der Waals surface area (Å²) < 4.78 is 5.25. The maximum absolute atomic E-state index is 12.4. The van der Waals surface area contributed by atoms with E-state index in [1.165, 1.54) is 18.2 Å². The number of hydrogen-bond acceptors (Lipinski definition) is 4. The minimum Gasteiger partial charge on any atom is -0.377 e. The summed E-state index contributed by atoms with van der Waals surface area (Å²) >= 11 is 5.82. The fourth-order valence-electron chi connectivity index (χ4n) is 2.02. The lowest BCUT2D eigenvalue weighted by atomic mass is 10.1. The van der Waals surface area contributed by atoms with Crippen LogP contribution in [0.25, 0.3) is 0 Å². The van der Waals surface area contributed by atoms with E-state index in [-0.39, 0.29) is 23.2 Å². The first-order valence-electron chi connectivity index (χ1n) is 5.83. The predicted octanol–water partition coefficient (Wildman–Crippen LogP) is 2.11. The highest BCUT2D eigenvalue weighted by atomic mass is 35.5. The molecular weight excluding hydrogens is 272 g/mol. The van der Waals surface area contributed by atoms with Crippen LogP contribution < -0.4 is 0 Å². The molecule has 0 radical (unpaired) electrons. The Hall–Kier alpha value is -1.66. The summed E-state index contributed by atoms with van der Waals surface area (Å²) in [5.74, 6) is -0.384. The van der Waals surface area contributed by atoms with Crippen molar-refractivity contribution >= 4 is 23.2 Å². The molecule has 2 rings (SSSR count). The number of nitrogens with zero attached hydrogens (tertiary/aromatic N) is 2. The van der Waals surface area contributed by atoms with Crippen molar-refractivity contribution in [2.45, 2.75) is 13.0 Å². The zero-order valence-corrected chi connectivity index (χ0v) is 11.1. The normalized spacial score (nSPS) is 19.3. The van der Waals surface area contributed by atoms with Gasteiger partial charge in [-0.15, -0.1) is 0 Å². The summed E-state index contributed by atoms with van der Waals surface area (Å²) in [6.07, 6.45) is 0. The van der Waals surface area contributed by atoms with E-state index in [9.17, 15) is 14.9 Å². The van der Waals surface area contributed by atoms with Gasteiger partial charge in [-0.3, -0.25) is 14.9 Å². The average molecular weight is 285 g/mol. The van der Waals surface area contributed by atoms with E-state index in [1.807, 2.05) is 6.92 Å². The number of hydrogen-bond donors (Lipinski definition) is 0. The van der Waals surface area contributed by atoms with E-state index in [1.54, 1.807) is 4.90 Å². The molecule has 1 heterocycles. The molecule has 6 nitrogen and oxygen atoms in total. The summed E-state index contributed by atoms with van der Waals surface area (Å²) in [4.78, 5) is 24.4. The fraction of sp³-hybridized carbons (Fsp3) is 0.417. The van der Waals surface area contributed by atoms with Crippen molar-refractivity contribution in [3.8, 4) is 0 Å². The molecule has 1 amide bonds. The third-order valence-corrected chi connectivity index (χ3v) is 3.25. The number of carbonyl (C=O) groups excluding carboxylic acids is 1. The average Bonchev–Trinajstić information content (AvgIpc) is 2.38. The van der Waals surface area contributed by atoms with Gasteiger partial charge in [-0.2, -0.15) is 0 Å². The predicted molar refractivity (Wildman–Crippen MR) is 69.4 cm³/mol. The third kappa shape index (κ3) is 2.85. The standard InChI is InChI=1S/C12H13ClN2O4/c1-8-7-19-5-4-14(8)12(16)10-6-9(13)2-3-11(10)15(17)18/h2-3,6,8H,4-5,7H2,1H3. The molecule has 0 aliphatic carbocycles. The van der Waals surface area contributed by atoms with Gasteiger partial charge in [-0.1, -0.05) is 11.6 Å². The van der Waals surface area contributed by atoms with Crippen molar-refractivity contribution in [2.24, 2.45) is 0 Å². The van der Waals surface area contributed by atoms with Gasteiger partial charge in [0.15, 0.2) is 0 Å². The Labute approximate surface area is 115 Å². The molecule has 0 aromatic heterocycles. The van der Waals surface area contributed by atoms with Crippen LogP contribution in [0.5, 0.6) is 0 Å². The van der Waals surface area contributed by atoms with Crippen LogP contribution in [-0.2, 0) is 4.74 Å². The molecule has 102 valence electrons. The molecule has 1 aliphatic rings. The fourth-order valence-corrected chi connectivity index (χ4v) is 2.19. The first-order valence-corrected chi connectivity index (χ1v) is 6.21. The Bertz CT molecular complexity index is 520. The van der Waals surface area contributed by atoms with Crippen LogP contribution >= 0.6 is 11.6 Å². The zero-order chi connectivity index (χ0) is 14.0. The molecule has 1 aromatic rings. The molecular formula is C12H13ClN2O4. The second-order valence-electron chi connectivity index (χ2n) is 4.34. The molecule has 0 saturated carbocycles. The summed E-state index contributed by atoms with van der Waals surface area (Å²) in [6.45, 7) is 3.13. The first-order chi connectivity index (χ1) is 9.00. The number of benzene rings is 1. The summed E-state index contributed by atoms with van der Waals surface area (Å²) in [5, 5.41) is 11.3. The molecule has 0 N–H and O–H groups in total. The first kappa shape index (κ1) is 13.8. The monoisotopic (exact) mass is 284 g/mol. The number of nitro benzene ring substituents is 1. The summed E-state index contributed by atoms with van der Waals surface area (Å²) in [5.41, 5.74) is -0.209. The smallest absolute Gasteiger partial charge is 0.282 e. The molecule has 1 aliphatic heterocycles. The van der Waals surface area contributed by atoms with Crippen LogP contribution in [0.15, 0.2) is 18.2 Å². The zero-order valence-electron chi connectivity index (χ0n) is 10.3. The highest BCUT2D eigenvalue weighted by Crippen LogP contribution is 2.25. The van der Waals surface area contributed by atoms with E-state index < -0.39 is 4.92 Å². The maximum Gasteiger partial charge on any atom is 0.282 e. The lowest BCUT2D eigenvalue weighted by Gasteiger charge is -2.33. The second kappa shape index (κ2) is 5.54. The van der Waals surface area contributed by atoms with Crippen molar-refractivity contribution in [1.82, 2.24) is 4.90 Å². The maximum atomic E-state index is 12.4. The van der Waals surface area contributed by atoms with E-state index >= 15 is 0 Å². The number of ether oxygens (including phenoxy) is 1. The van der Waals surface area contributed by atoms with Crippen LogP contribution in [0.3, 0.4) is 0 Å². The van der Waals surface area contributed by atoms with E-state index in [4.69, 9.17) is 16.3 Å². The van der Waals surface area contributed by atoms with Gasteiger partial charge in [-0.05, 0) is 19.1 Å². The number of morpholine rings is 1. The van der Waals surface area contributed by atoms with Gasteiger partial charge in [0.2, 0.25) is 0 Å². The van der Waals surface area contributed by atoms with E-state index in [0.717, 1.165) is 0 Å². The highest BCUT2D eigenvalue weighted by Gasteiger charge is 2.29. The largest absolute Gasteiger partial charge is 0.377 e. The third-order valence-electron chi connectivity index (χ3n) is 3.01. The quantitative estimate of drug-likeness (QED) is 0.616. The molecule has 1 saturated heterocycles. The lowest BCUT2D eigenvalue weighted by molar-refractivity contribution is -0.385. The molecule has 1 unspecified atom stereocenters. The Morgan fingerprint density at radius 1 is 1.58 bits per heavy atom. The van der Waals surface area contributed by atoms with Crippen LogP contribution in [0, 0.1) is 10.1 Å². The highest BCUT2D eigenvalue weighted by molar-refractivity contribution is 6.31. The van der Waals surface area contributed by atoms with Gasteiger partial charge in [0, 0.05) is 17.6 Å². The van der Waals surface area contributed by atoms with Gasteiger partial charge in [0.05, 0.1) is 24.2 Å². The number of rotatable bonds is 2. The Balaban J connectivity index is 2.37. The van der Waals surface area contributed by atoms with E-state index in [2.05, 4.69) is 0 Å². The van der Waals surface area contributed by atoms with Gasteiger partial charge in [0.1, 0.15) is 5.56 Å². The summed E-state index contributed by atoms with van der Waals surface area (Å²) in [6, 6.07) is 3.88. The molecule has 1 fully saturated rings.